The van der Waals surface area contributed by atoms with Gasteiger partial charge >= 0.3 is 6.18 Å². The van der Waals surface area contributed by atoms with Crippen molar-refractivity contribution in [3.05, 3.63) is 54.2 Å². The average Bonchev–Trinajstić information content (AvgIpc) is 3.14. The van der Waals surface area contributed by atoms with E-state index in [-0.39, 0.29) is 0 Å². The van der Waals surface area contributed by atoms with Gasteiger partial charge in [-0.15, -0.1) is 0 Å². The first-order valence-electron chi connectivity index (χ1n) is 9.54. The van der Waals surface area contributed by atoms with Crippen molar-refractivity contribution in [2.45, 2.75) is 19.0 Å². The van der Waals surface area contributed by atoms with Gasteiger partial charge in [0.25, 0.3) is 0 Å². The zero-order valence-corrected chi connectivity index (χ0v) is 16.6. The van der Waals surface area contributed by atoms with Crippen LogP contribution in [0.3, 0.4) is 0 Å². The number of nitrogens with zero attached hydrogens (tertiary/aromatic N) is 4. The summed E-state index contributed by atoms with van der Waals surface area (Å²) in [7, 11) is 1.86. The third-order valence-corrected chi connectivity index (χ3v) is 4.51. The number of nitrogens with two attached hydrogens (primary N) is 1. The van der Waals surface area contributed by atoms with Crippen molar-refractivity contribution in [2.24, 2.45) is 7.05 Å². The Morgan fingerprint density at radius 1 is 1.03 bits per heavy atom. The van der Waals surface area contributed by atoms with E-state index in [4.69, 9.17) is 5.73 Å². The van der Waals surface area contributed by atoms with Crippen LogP contribution >= 0.6 is 0 Å². The quantitative estimate of drug-likeness (QED) is 0.462. The monoisotopic (exact) mass is 419 g/mol. The van der Waals surface area contributed by atoms with E-state index < -0.39 is 11.9 Å². The summed E-state index contributed by atoms with van der Waals surface area (Å²) in [6.07, 6.45) is 3.73. The summed E-state index contributed by atoms with van der Waals surface area (Å²) < 4.78 is 39.2. The second kappa shape index (κ2) is 9.57. The summed E-state index contributed by atoms with van der Waals surface area (Å²) in [5, 5.41) is 10.7. The maximum atomic E-state index is 12.5. The number of halogens is 3. The van der Waals surface area contributed by atoms with Crippen molar-refractivity contribution in [3.63, 3.8) is 0 Å². The van der Waals surface area contributed by atoms with E-state index >= 15 is 0 Å². The molecule has 3 aromatic heterocycles. The number of hydrogen-bond donors (Lipinski definition) is 3. The molecule has 10 heteroatoms. The van der Waals surface area contributed by atoms with Crippen LogP contribution in [0.25, 0.3) is 11.1 Å². The molecule has 0 saturated heterocycles. The molecule has 30 heavy (non-hydrogen) atoms. The highest BCUT2D eigenvalue weighted by Gasteiger charge is 2.31. The van der Waals surface area contributed by atoms with E-state index in [2.05, 4.69) is 25.7 Å². The summed E-state index contributed by atoms with van der Waals surface area (Å²) >= 11 is 0. The van der Waals surface area contributed by atoms with Crippen LogP contribution in [0.5, 0.6) is 0 Å². The molecule has 0 bridgehead atoms. The van der Waals surface area contributed by atoms with Crippen LogP contribution in [-0.4, -0.2) is 39.4 Å². The molecule has 3 heterocycles. The van der Waals surface area contributed by atoms with Gasteiger partial charge < -0.3 is 16.4 Å². The Bertz CT molecular complexity index is 952. The van der Waals surface area contributed by atoms with Crippen LogP contribution in [0.2, 0.25) is 0 Å². The number of nitrogens with one attached hydrogen (secondary N) is 2. The van der Waals surface area contributed by atoms with E-state index in [1.807, 2.05) is 19.3 Å². The van der Waals surface area contributed by atoms with Gasteiger partial charge in [-0.2, -0.15) is 18.3 Å². The van der Waals surface area contributed by atoms with Crippen molar-refractivity contribution < 1.29 is 13.2 Å². The van der Waals surface area contributed by atoms with Crippen molar-refractivity contribution in [1.29, 1.82) is 0 Å². The molecule has 0 radical (unpaired) electrons. The third kappa shape index (κ3) is 5.93. The summed E-state index contributed by atoms with van der Waals surface area (Å²) in [6.45, 7) is 2.13. The van der Waals surface area contributed by atoms with Gasteiger partial charge in [0.1, 0.15) is 11.5 Å². The Morgan fingerprint density at radius 3 is 2.53 bits per heavy atom. The van der Waals surface area contributed by atoms with Crippen LogP contribution in [-0.2, 0) is 19.6 Å². The van der Waals surface area contributed by atoms with Gasteiger partial charge in [0, 0.05) is 43.3 Å². The molecule has 0 aliphatic carbocycles. The summed E-state index contributed by atoms with van der Waals surface area (Å²) in [5.74, 6) is 0.436. The van der Waals surface area contributed by atoms with Crippen molar-refractivity contribution in [1.82, 2.24) is 25.1 Å². The number of aryl methyl sites for hydroxylation is 1. The van der Waals surface area contributed by atoms with Crippen molar-refractivity contribution in [3.8, 4) is 11.1 Å². The number of pyridine rings is 2. The summed E-state index contributed by atoms with van der Waals surface area (Å²) in [6, 6.07) is 4.42. The van der Waals surface area contributed by atoms with Crippen LogP contribution in [0, 0.1) is 0 Å². The van der Waals surface area contributed by atoms with E-state index in [1.165, 1.54) is 12.3 Å². The molecule has 160 valence electrons. The zero-order valence-electron chi connectivity index (χ0n) is 16.6. The SMILES string of the molecule is Cn1cc(-c2cnc(N)c(NCCCNCCc3ccc(C(F)(F)F)nc3)c2)cn1. The van der Waals surface area contributed by atoms with E-state index in [9.17, 15) is 13.2 Å². The van der Waals surface area contributed by atoms with Crippen LogP contribution in [0.4, 0.5) is 24.7 Å². The minimum absolute atomic E-state index is 0.436. The standard InChI is InChI=1S/C20H24F3N7/c1-30-13-16(12-29-30)15-9-17(19(24)28-11-15)26-7-2-6-25-8-5-14-3-4-18(27-10-14)20(21,22)23/h3-4,9-13,25-26H,2,5-8H2,1H3,(H2,24,28). The lowest BCUT2D eigenvalue weighted by atomic mass is 10.1. The number of hydrogen-bond acceptors (Lipinski definition) is 6. The largest absolute Gasteiger partial charge is 0.433 e. The fourth-order valence-electron chi connectivity index (χ4n) is 2.88. The molecule has 3 rings (SSSR count). The van der Waals surface area contributed by atoms with E-state index in [0.29, 0.717) is 25.3 Å². The number of alkyl halides is 3. The van der Waals surface area contributed by atoms with Gasteiger partial charge in [-0.1, -0.05) is 6.07 Å². The molecule has 4 N–H and O–H groups in total. The fourth-order valence-corrected chi connectivity index (χ4v) is 2.88. The number of rotatable bonds is 9. The van der Waals surface area contributed by atoms with E-state index in [1.54, 1.807) is 17.1 Å². The second-order valence-corrected chi connectivity index (χ2v) is 6.89. The zero-order chi connectivity index (χ0) is 21.6. The lowest BCUT2D eigenvalue weighted by Gasteiger charge is -2.11. The lowest BCUT2D eigenvalue weighted by Crippen LogP contribution is -2.21. The number of aromatic nitrogens is 4. The third-order valence-electron chi connectivity index (χ3n) is 4.51. The second-order valence-electron chi connectivity index (χ2n) is 6.89. The van der Waals surface area contributed by atoms with E-state index in [0.717, 1.165) is 41.4 Å². The fraction of sp³-hybridized carbons (Fsp3) is 0.350. The first kappa shape index (κ1) is 21.6. The van der Waals surface area contributed by atoms with Gasteiger partial charge in [0.15, 0.2) is 0 Å². The first-order chi connectivity index (χ1) is 14.3. The molecule has 0 fully saturated rings. The predicted octanol–water partition coefficient (Wildman–Crippen LogP) is 3.11. The molecular formula is C20H24F3N7. The maximum Gasteiger partial charge on any atom is 0.433 e. The molecule has 0 unspecified atom stereocenters. The molecular weight excluding hydrogens is 395 g/mol. The van der Waals surface area contributed by atoms with Gasteiger partial charge in [-0.3, -0.25) is 9.67 Å². The molecule has 0 spiro atoms. The van der Waals surface area contributed by atoms with Gasteiger partial charge in [-0.25, -0.2) is 4.98 Å². The normalized spacial score (nSPS) is 11.6. The highest BCUT2D eigenvalue weighted by Crippen LogP contribution is 2.27. The first-order valence-corrected chi connectivity index (χ1v) is 9.54. The van der Waals surface area contributed by atoms with Crippen molar-refractivity contribution in [2.75, 3.05) is 30.7 Å². The van der Waals surface area contributed by atoms with Gasteiger partial charge in [0.2, 0.25) is 0 Å². The molecule has 3 aromatic rings. The molecule has 0 aliphatic heterocycles. The Labute approximate surface area is 172 Å². The van der Waals surface area contributed by atoms with Gasteiger partial charge in [-0.05, 0) is 43.6 Å². The Morgan fingerprint density at radius 2 is 1.87 bits per heavy atom. The average molecular weight is 419 g/mol. The Hall–Kier alpha value is -3.14. The number of nitrogen functional groups attached to an aromatic ring is 1. The minimum atomic E-state index is -4.40. The maximum absolute atomic E-state index is 12.5. The summed E-state index contributed by atoms with van der Waals surface area (Å²) in [4.78, 5) is 7.70. The van der Waals surface area contributed by atoms with Crippen LogP contribution in [0.1, 0.15) is 17.7 Å². The molecule has 0 amide bonds. The molecule has 0 aliphatic rings. The lowest BCUT2D eigenvalue weighted by molar-refractivity contribution is -0.141. The van der Waals surface area contributed by atoms with Crippen molar-refractivity contribution >= 4 is 11.5 Å². The molecule has 0 atom stereocenters. The smallest absolute Gasteiger partial charge is 0.382 e. The topological polar surface area (TPSA) is 93.7 Å². The van der Waals surface area contributed by atoms with Crippen LogP contribution < -0.4 is 16.4 Å². The molecule has 0 aromatic carbocycles. The molecule has 0 saturated carbocycles. The highest BCUT2D eigenvalue weighted by atomic mass is 19.4. The summed E-state index contributed by atoms with van der Waals surface area (Å²) in [5.41, 5.74) is 8.51. The van der Waals surface area contributed by atoms with Crippen LogP contribution in [0.15, 0.2) is 43.0 Å². The number of anilines is 2. The Balaban J connectivity index is 1.37. The Kier molecular flexibility index (Phi) is 6.88. The minimum Gasteiger partial charge on any atom is -0.382 e. The highest BCUT2D eigenvalue weighted by molar-refractivity contribution is 5.72. The van der Waals surface area contributed by atoms with Gasteiger partial charge in [0.05, 0.1) is 11.9 Å². The molecule has 7 nitrogen and oxygen atoms in total. The predicted molar refractivity (Wildman–Crippen MR) is 110 cm³/mol.